The first-order valence-corrected chi connectivity index (χ1v) is 12.5. The number of carbonyl (C=O) groups excluding carboxylic acids is 2. The number of anilines is 2. The Bertz CT molecular complexity index is 1060. The van der Waals surface area contributed by atoms with Crippen LogP contribution in [0.2, 0.25) is 0 Å². The summed E-state index contributed by atoms with van der Waals surface area (Å²) in [6.45, 7) is 5.44. The number of benzene rings is 2. The summed E-state index contributed by atoms with van der Waals surface area (Å²) in [4.78, 5) is 37.9. The van der Waals surface area contributed by atoms with Crippen molar-refractivity contribution in [1.82, 2.24) is 20.4 Å². The Labute approximate surface area is 235 Å². The predicted octanol–water partition coefficient (Wildman–Crippen LogP) is 3.39. The molecule has 0 aromatic heterocycles. The molecule has 10 nitrogen and oxygen atoms in total. The maximum absolute atomic E-state index is 12.7. The molecule has 0 saturated carbocycles. The second-order valence-electron chi connectivity index (χ2n) is 9.01. The molecule has 0 radical (unpaired) electrons. The molecule has 0 atom stereocenters. The van der Waals surface area contributed by atoms with Crippen molar-refractivity contribution in [2.75, 3.05) is 63.0 Å². The van der Waals surface area contributed by atoms with Crippen LogP contribution < -0.4 is 21.3 Å². The van der Waals surface area contributed by atoms with E-state index in [1.807, 2.05) is 48.5 Å². The van der Waals surface area contributed by atoms with Gasteiger partial charge in [-0.2, -0.15) is 0 Å². The number of nitrogens with one attached hydrogen (secondary N) is 4. The molecule has 0 unspecified atom stereocenters. The zero-order valence-corrected chi connectivity index (χ0v) is 22.7. The first-order valence-electron chi connectivity index (χ1n) is 12.5. The second kappa shape index (κ2) is 13.9. The Morgan fingerprint density at radius 2 is 1.00 bits per heavy atom. The van der Waals surface area contributed by atoms with Crippen LogP contribution in [-0.2, 0) is 0 Å². The fourth-order valence-corrected chi connectivity index (χ4v) is 4.39. The van der Waals surface area contributed by atoms with E-state index >= 15 is 0 Å². The maximum atomic E-state index is 12.7. The lowest BCUT2D eigenvalue weighted by Crippen LogP contribution is -2.52. The van der Waals surface area contributed by atoms with E-state index in [-0.39, 0.29) is 36.9 Å². The van der Waals surface area contributed by atoms with Crippen LogP contribution in [0, 0.1) is 0 Å². The summed E-state index contributed by atoms with van der Waals surface area (Å²) >= 11 is 0. The highest BCUT2D eigenvalue weighted by Gasteiger charge is 2.24. The van der Waals surface area contributed by atoms with E-state index in [2.05, 4.69) is 31.3 Å². The summed E-state index contributed by atoms with van der Waals surface area (Å²) in [6.07, 6.45) is 2.10. The van der Waals surface area contributed by atoms with E-state index in [9.17, 15) is 9.59 Å². The van der Waals surface area contributed by atoms with E-state index in [4.69, 9.17) is 0 Å². The molecule has 5 rings (SSSR count). The van der Waals surface area contributed by atoms with Crippen molar-refractivity contribution >= 4 is 59.9 Å². The molecule has 0 aliphatic carbocycles. The Kier molecular flexibility index (Phi) is 10.6. The first kappa shape index (κ1) is 29.1. The summed E-state index contributed by atoms with van der Waals surface area (Å²) in [7, 11) is 0. The van der Waals surface area contributed by atoms with E-state index in [0.29, 0.717) is 26.2 Å². The lowest BCUT2D eigenvalue weighted by atomic mass is 10.1. The molecule has 2 aromatic rings. The van der Waals surface area contributed by atoms with E-state index < -0.39 is 0 Å². The fourth-order valence-electron chi connectivity index (χ4n) is 4.39. The van der Waals surface area contributed by atoms with Crippen LogP contribution in [0.4, 0.5) is 21.0 Å². The molecule has 38 heavy (non-hydrogen) atoms. The monoisotopic (exact) mass is 560 g/mol. The van der Waals surface area contributed by atoms with Crippen LogP contribution >= 0.6 is 24.8 Å². The molecular weight excluding hydrogens is 527 g/mol. The van der Waals surface area contributed by atoms with Crippen molar-refractivity contribution in [3.63, 3.8) is 0 Å². The topological polar surface area (TPSA) is 113 Å². The van der Waals surface area contributed by atoms with Crippen molar-refractivity contribution in [3.05, 3.63) is 59.7 Å². The number of carbonyl (C=O) groups is 2. The highest BCUT2D eigenvalue weighted by atomic mass is 35.5. The fraction of sp³-hybridized carbons (Fsp3) is 0.385. The third-order valence-electron chi connectivity index (χ3n) is 6.47. The summed E-state index contributed by atoms with van der Waals surface area (Å²) in [5, 5.41) is 12.5. The van der Waals surface area contributed by atoms with Gasteiger partial charge >= 0.3 is 12.1 Å². The van der Waals surface area contributed by atoms with Crippen molar-refractivity contribution in [3.8, 4) is 0 Å². The molecule has 2 aromatic carbocycles. The summed E-state index contributed by atoms with van der Waals surface area (Å²) < 4.78 is 0. The quantitative estimate of drug-likeness (QED) is 0.459. The number of rotatable bonds is 4. The number of hydrogen-bond acceptors (Lipinski definition) is 6. The van der Waals surface area contributed by atoms with Crippen molar-refractivity contribution in [2.24, 2.45) is 9.98 Å². The van der Waals surface area contributed by atoms with Gasteiger partial charge in [-0.05, 0) is 61.4 Å². The molecule has 1 saturated heterocycles. The Hall–Kier alpha value is -3.50. The number of hydrogen-bond donors (Lipinski definition) is 4. The van der Waals surface area contributed by atoms with Gasteiger partial charge in [-0.3, -0.25) is 9.98 Å². The average molecular weight is 562 g/mol. The van der Waals surface area contributed by atoms with Crippen LogP contribution in [0.3, 0.4) is 0 Å². The third kappa shape index (κ3) is 7.29. The van der Waals surface area contributed by atoms with Gasteiger partial charge in [0.15, 0.2) is 0 Å². The van der Waals surface area contributed by atoms with Crippen LogP contribution in [0.1, 0.15) is 24.0 Å². The van der Waals surface area contributed by atoms with E-state index in [1.54, 1.807) is 9.80 Å². The maximum Gasteiger partial charge on any atom is 0.321 e. The Balaban J connectivity index is 0.00000200. The van der Waals surface area contributed by atoms with Gasteiger partial charge in [-0.25, -0.2) is 9.59 Å². The number of amides is 4. The van der Waals surface area contributed by atoms with Crippen molar-refractivity contribution in [1.29, 1.82) is 0 Å². The molecule has 4 amide bonds. The lowest BCUT2D eigenvalue weighted by Gasteiger charge is -2.34. The van der Waals surface area contributed by atoms with Gasteiger partial charge in [-0.1, -0.05) is 0 Å². The van der Waals surface area contributed by atoms with E-state index in [1.165, 1.54) is 0 Å². The molecule has 3 aliphatic rings. The zero-order chi connectivity index (χ0) is 24.7. The highest BCUT2D eigenvalue weighted by molar-refractivity contribution is 6.00. The van der Waals surface area contributed by atoms with Crippen LogP contribution in [0.5, 0.6) is 0 Å². The summed E-state index contributed by atoms with van der Waals surface area (Å²) in [6, 6.07) is 15.1. The Morgan fingerprint density at radius 3 is 1.32 bits per heavy atom. The zero-order valence-electron chi connectivity index (χ0n) is 21.1. The molecule has 0 bridgehead atoms. The molecule has 3 aliphatic heterocycles. The minimum Gasteiger partial charge on any atom is -0.370 e. The van der Waals surface area contributed by atoms with Gasteiger partial charge in [0.05, 0.1) is 0 Å². The van der Waals surface area contributed by atoms with Gasteiger partial charge in [-0.15, -0.1) is 24.8 Å². The van der Waals surface area contributed by atoms with Crippen LogP contribution in [0.15, 0.2) is 58.5 Å². The number of halogens is 2. The number of amidine groups is 2. The smallest absolute Gasteiger partial charge is 0.321 e. The standard InChI is InChI=1S/C26H32N8O2.2ClH/c35-25(31-21-7-3-19(4-8-21)23-27-11-1-12-28-23)33-15-17-34(18-16-33)26(36)32-22-9-5-20(6-10-22)24-29-13-2-14-30-24;;/h3-10H,1-2,11-18H2,(H,27,28)(H,29,30)(H,31,35)(H,32,36);2*1H. The molecule has 12 heteroatoms. The molecule has 0 spiro atoms. The van der Waals surface area contributed by atoms with Crippen molar-refractivity contribution in [2.45, 2.75) is 12.8 Å². The number of aliphatic imine (C=N–C) groups is 2. The highest BCUT2D eigenvalue weighted by Crippen LogP contribution is 2.15. The van der Waals surface area contributed by atoms with Gasteiger partial charge in [0.2, 0.25) is 0 Å². The van der Waals surface area contributed by atoms with Crippen molar-refractivity contribution < 1.29 is 9.59 Å². The molecule has 4 N–H and O–H groups in total. The molecule has 3 heterocycles. The minimum absolute atomic E-state index is 0. The molecular formula is C26H34Cl2N8O2. The SMILES string of the molecule is Cl.Cl.O=C(Nc1ccc(C2=NCCCN2)cc1)N1CCN(C(=O)Nc2ccc(C3=NCCCN3)cc2)CC1. The Morgan fingerprint density at radius 1 is 0.632 bits per heavy atom. The molecule has 1 fully saturated rings. The van der Waals surface area contributed by atoms with Gasteiger partial charge in [0.1, 0.15) is 11.7 Å². The second-order valence-corrected chi connectivity index (χ2v) is 9.01. The number of urea groups is 2. The normalized spacial score (nSPS) is 16.8. The third-order valence-corrected chi connectivity index (χ3v) is 6.47. The number of piperazine rings is 1. The van der Waals surface area contributed by atoms with Crippen LogP contribution in [0.25, 0.3) is 0 Å². The van der Waals surface area contributed by atoms with Gasteiger partial charge in [0, 0.05) is 74.9 Å². The van der Waals surface area contributed by atoms with Gasteiger partial charge in [0.25, 0.3) is 0 Å². The lowest BCUT2D eigenvalue weighted by molar-refractivity contribution is 0.156. The van der Waals surface area contributed by atoms with Gasteiger partial charge < -0.3 is 31.1 Å². The van der Waals surface area contributed by atoms with E-state index in [0.717, 1.165) is 73.2 Å². The first-order chi connectivity index (χ1) is 17.7. The summed E-state index contributed by atoms with van der Waals surface area (Å²) in [5.41, 5.74) is 3.50. The number of nitrogens with zero attached hydrogens (tertiary/aromatic N) is 4. The summed E-state index contributed by atoms with van der Waals surface area (Å²) in [5.74, 6) is 1.81. The largest absolute Gasteiger partial charge is 0.370 e. The molecule has 204 valence electrons. The minimum atomic E-state index is -0.161. The predicted molar refractivity (Wildman–Crippen MR) is 157 cm³/mol. The average Bonchev–Trinajstić information content (AvgIpc) is 2.95. The van der Waals surface area contributed by atoms with Crippen LogP contribution in [-0.4, -0.2) is 85.9 Å².